The van der Waals surface area contributed by atoms with Crippen LogP contribution in [0.4, 0.5) is 0 Å². The first-order valence-corrected chi connectivity index (χ1v) is 5.51. The summed E-state index contributed by atoms with van der Waals surface area (Å²) in [5.41, 5.74) is 1.25. The van der Waals surface area contributed by atoms with Crippen LogP contribution in [-0.2, 0) is 0 Å². The molecular formula is C12H14ClN. The third kappa shape index (κ3) is 2.36. The predicted octanol–water partition coefficient (Wildman–Crippen LogP) is 4.03. The Morgan fingerprint density at radius 2 is 2.21 bits per heavy atom. The van der Waals surface area contributed by atoms with Gasteiger partial charge in [-0.2, -0.15) is 0 Å². The van der Waals surface area contributed by atoms with Gasteiger partial charge in [-0.05, 0) is 43.2 Å². The van der Waals surface area contributed by atoms with E-state index in [4.69, 9.17) is 11.6 Å². The van der Waals surface area contributed by atoms with Gasteiger partial charge in [-0.15, -0.1) is 0 Å². The first kappa shape index (κ1) is 9.72. The molecule has 1 heterocycles. The molecule has 2 rings (SSSR count). The molecule has 0 aliphatic carbocycles. The summed E-state index contributed by atoms with van der Waals surface area (Å²) in [6, 6.07) is 8.37. The summed E-state index contributed by atoms with van der Waals surface area (Å²) in [7, 11) is 0. The highest BCUT2D eigenvalue weighted by molar-refractivity contribution is 6.30. The van der Waals surface area contributed by atoms with E-state index < -0.39 is 0 Å². The second kappa shape index (κ2) is 4.61. The fourth-order valence-electron chi connectivity index (χ4n) is 1.82. The highest BCUT2D eigenvalue weighted by atomic mass is 35.5. The lowest BCUT2D eigenvalue weighted by atomic mass is 10.0. The monoisotopic (exact) mass is 207 g/mol. The zero-order valence-electron chi connectivity index (χ0n) is 8.12. The lowest BCUT2D eigenvalue weighted by Crippen LogP contribution is -1.93. The van der Waals surface area contributed by atoms with E-state index in [1.807, 2.05) is 18.2 Å². The molecule has 0 amide bonds. The molecule has 1 nitrogen and oxygen atoms in total. The van der Waals surface area contributed by atoms with Crippen molar-refractivity contribution in [3.8, 4) is 0 Å². The normalized spacial score (nSPS) is 21.9. The van der Waals surface area contributed by atoms with Gasteiger partial charge in [0, 0.05) is 5.02 Å². The van der Waals surface area contributed by atoms with Crippen LogP contribution in [0.15, 0.2) is 29.3 Å². The number of nitrogens with zero attached hydrogens (tertiary/aromatic N) is 1. The molecule has 0 saturated carbocycles. The summed E-state index contributed by atoms with van der Waals surface area (Å²) >= 11 is 5.95. The Balaban J connectivity index is 2.20. The molecule has 0 bridgehead atoms. The SMILES string of the molecule is Clc1cccc(C2CCCCC=N2)c1. The van der Waals surface area contributed by atoms with Gasteiger partial charge >= 0.3 is 0 Å². The topological polar surface area (TPSA) is 12.4 Å². The molecule has 0 aromatic heterocycles. The van der Waals surface area contributed by atoms with Crippen LogP contribution in [0.25, 0.3) is 0 Å². The van der Waals surface area contributed by atoms with Crippen molar-refractivity contribution in [2.45, 2.75) is 31.7 Å². The van der Waals surface area contributed by atoms with E-state index in [1.54, 1.807) is 0 Å². The Kier molecular flexibility index (Phi) is 3.20. The lowest BCUT2D eigenvalue weighted by Gasteiger charge is -2.10. The molecule has 0 radical (unpaired) electrons. The van der Waals surface area contributed by atoms with Crippen LogP contribution in [0.2, 0.25) is 5.02 Å². The van der Waals surface area contributed by atoms with Crippen molar-refractivity contribution in [2.75, 3.05) is 0 Å². The van der Waals surface area contributed by atoms with Crippen LogP contribution in [0.5, 0.6) is 0 Å². The van der Waals surface area contributed by atoms with Gasteiger partial charge in [0.15, 0.2) is 0 Å². The molecule has 0 N–H and O–H groups in total. The maximum atomic E-state index is 5.95. The standard InChI is InChI=1S/C12H14ClN/c13-11-6-4-5-10(9-11)12-7-2-1-3-8-14-12/h4-6,8-9,12H,1-3,7H2. The smallest absolute Gasteiger partial charge is 0.0745 e. The van der Waals surface area contributed by atoms with Gasteiger partial charge in [0.25, 0.3) is 0 Å². The molecular weight excluding hydrogens is 194 g/mol. The summed E-state index contributed by atoms with van der Waals surface area (Å²) in [6.07, 6.45) is 6.85. The highest BCUT2D eigenvalue weighted by Gasteiger charge is 2.10. The van der Waals surface area contributed by atoms with E-state index in [2.05, 4.69) is 17.3 Å². The number of hydrogen-bond acceptors (Lipinski definition) is 1. The van der Waals surface area contributed by atoms with Crippen LogP contribution in [-0.4, -0.2) is 6.21 Å². The first-order chi connectivity index (χ1) is 6.86. The minimum atomic E-state index is 0.330. The molecule has 1 aromatic carbocycles. The lowest BCUT2D eigenvalue weighted by molar-refractivity contribution is 0.618. The second-order valence-corrected chi connectivity index (χ2v) is 4.12. The average molecular weight is 208 g/mol. The summed E-state index contributed by atoms with van der Waals surface area (Å²) in [5.74, 6) is 0. The van der Waals surface area contributed by atoms with Gasteiger partial charge in [0.2, 0.25) is 0 Å². The van der Waals surface area contributed by atoms with Crippen LogP contribution in [0.1, 0.15) is 37.3 Å². The summed E-state index contributed by atoms with van der Waals surface area (Å²) in [5, 5.41) is 0.807. The Bertz CT molecular complexity index is 333. The first-order valence-electron chi connectivity index (χ1n) is 5.13. The highest BCUT2D eigenvalue weighted by Crippen LogP contribution is 2.27. The van der Waals surface area contributed by atoms with Crippen LogP contribution in [0.3, 0.4) is 0 Å². The molecule has 1 aliphatic heterocycles. The Labute approximate surface area is 89.8 Å². The van der Waals surface area contributed by atoms with E-state index in [0.717, 1.165) is 17.9 Å². The van der Waals surface area contributed by atoms with Crippen molar-refractivity contribution in [3.05, 3.63) is 34.9 Å². The van der Waals surface area contributed by atoms with E-state index in [0.29, 0.717) is 6.04 Å². The van der Waals surface area contributed by atoms with E-state index >= 15 is 0 Å². The minimum Gasteiger partial charge on any atom is -0.289 e. The van der Waals surface area contributed by atoms with Crippen LogP contribution in [0, 0.1) is 0 Å². The summed E-state index contributed by atoms with van der Waals surface area (Å²) in [6.45, 7) is 0. The van der Waals surface area contributed by atoms with Gasteiger partial charge in [-0.3, -0.25) is 4.99 Å². The van der Waals surface area contributed by atoms with Crippen molar-refractivity contribution >= 4 is 17.8 Å². The largest absolute Gasteiger partial charge is 0.289 e. The van der Waals surface area contributed by atoms with Crippen molar-refractivity contribution in [3.63, 3.8) is 0 Å². The van der Waals surface area contributed by atoms with Gasteiger partial charge in [-0.25, -0.2) is 0 Å². The van der Waals surface area contributed by atoms with Crippen LogP contribution >= 0.6 is 11.6 Å². The van der Waals surface area contributed by atoms with E-state index in [-0.39, 0.29) is 0 Å². The van der Waals surface area contributed by atoms with Crippen molar-refractivity contribution in [1.29, 1.82) is 0 Å². The Morgan fingerprint density at radius 3 is 3.07 bits per heavy atom. The number of rotatable bonds is 1. The summed E-state index contributed by atoms with van der Waals surface area (Å²) in [4.78, 5) is 4.55. The molecule has 2 heteroatoms. The molecule has 14 heavy (non-hydrogen) atoms. The van der Waals surface area contributed by atoms with Gasteiger partial charge in [0.1, 0.15) is 0 Å². The molecule has 1 unspecified atom stereocenters. The van der Waals surface area contributed by atoms with Crippen molar-refractivity contribution < 1.29 is 0 Å². The molecule has 1 aromatic rings. The Hall–Kier alpha value is -0.820. The number of aliphatic imine (C=N–C) groups is 1. The molecule has 1 atom stereocenters. The molecule has 0 saturated heterocycles. The summed E-state index contributed by atoms with van der Waals surface area (Å²) < 4.78 is 0. The average Bonchev–Trinajstić information content (AvgIpc) is 2.45. The molecule has 74 valence electrons. The molecule has 0 spiro atoms. The van der Waals surface area contributed by atoms with Gasteiger partial charge < -0.3 is 0 Å². The molecule has 0 fully saturated rings. The van der Waals surface area contributed by atoms with Crippen molar-refractivity contribution in [1.82, 2.24) is 0 Å². The van der Waals surface area contributed by atoms with Crippen LogP contribution < -0.4 is 0 Å². The predicted molar refractivity (Wildman–Crippen MR) is 61.2 cm³/mol. The number of hydrogen-bond donors (Lipinski definition) is 0. The fourth-order valence-corrected chi connectivity index (χ4v) is 2.01. The number of halogens is 1. The zero-order valence-corrected chi connectivity index (χ0v) is 8.87. The van der Waals surface area contributed by atoms with E-state index in [1.165, 1.54) is 18.4 Å². The third-order valence-corrected chi connectivity index (χ3v) is 2.81. The van der Waals surface area contributed by atoms with Gasteiger partial charge in [0.05, 0.1) is 6.04 Å². The maximum absolute atomic E-state index is 5.95. The molecule has 1 aliphatic rings. The minimum absolute atomic E-state index is 0.330. The third-order valence-electron chi connectivity index (χ3n) is 2.58. The fraction of sp³-hybridized carbons (Fsp3) is 0.417. The Morgan fingerprint density at radius 1 is 1.29 bits per heavy atom. The van der Waals surface area contributed by atoms with Gasteiger partial charge in [-0.1, -0.05) is 30.2 Å². The quantitative estimate of drug-likeness (QED) is 0.660. The second-order valence-electron chi connectivity index (χ2n) is 3.69. The van der Waals surface area contributed by atoms with E-state index in [9.17, 15) is 0 Å². The van der Waals surface area contributed by atoms with Crippen molar-refractivity contribution in [2.24, 2.45) is 4.99 Å². The maximum Gasteiger partial charge on any atom is 0.0745 e. The number of benzene rings is 1. The zero-order chi connectivity index (χ0) is 9.80.